The van der Waals surface area contributed by atoms with Gasteiger partial charge in [-0.25, -0.2) is 9.37 Å². The molecule has 6 heteroatoms. The molecule has 5 nitrogen and oxygen atoms in total. The van der Waals surface area contributed by atoms with E-state index in [1.807, 2.05) is 17.8 Å². The summed E-state index contributed by atoms with van der Waals surface area (Å²) >= 11 is 0. The van der Waals surface area contributed by atoms with E-state index >= 15 is 0 Å². The van der Waals surface area contributed by atoms with Crippen LogP contribution in [-0.4, -0.2) is 15.5 Å². The van der Waals surface area contributed by atoms with Gasteiger partial charge in [-0.15, -0.1) is 0 Å². The Morgan fingerprint density at radius 1 is 1.19 bits per heavy atom. The zero-order chi connectivity index (χ0) is 18.4. The van der Waals surface area contributed by atoms with Gasteiger partial charge in [0.05, 0.1) is 0 Å². The lowest BCUT2D eigenvalue weighted by Gasteiger charge is -2.07. The van der Waals surface area contributed by atoms with Crippen molar-refractivity contribution in [2.75, 3.05) is 5.32 Å². The number of benzene rings is 2. The minimum absolute atomic E-state index is 0.268. The molecule has 0 fully saturated rings. The van der Waals surface area contributed by atoms with Gasteiger partial charge in [0.2, 0.25) is 5.91 Å². The summed E-state index contributed by atoms with van der Waals surface area (Å²) in [7, 11) is 1.91. The van der Waals surface area contributed by atoms with Crippen LogP contribution in [0, 0.1) is 5.82 Å². The van der Waals surface area contributed by atoms with Crippen molar-refractivity contribution in [1.29, 1.82) is 0 Å². The van der Waals surface area contributed by atoms with Gasteiger partial charge in [0.25, 0.3) is 0 Å². The molecule has 0 bridgehead atoms. The van der Waals surface area contributed by atoms with E-state index in [1.165, 1.54) is 18.2 Å². The lowest BCUT2D eigenvalue weighted by atomic mass is 10.2. The number of aromatic nitrogens is 2. The molecule has 3 aromatic rings. The first-order valence-electron chi connectivity index (χ1n) is 8.04. The van der Waals surface area contributed by atoms with Crippen LogP contribution in [0.3, 0.4) is 0 Å². The Hall–Kier alpha value is -3.41. The minimum Gasteiger partial charge on any atom is -0.486 e. The number of imidazole rings is 1. The molecule has 1 heterocycles. The highest BCUT2D eigenvalue weighted by Gasteiger charge is 2.02. The fraction of sp³-hybridized carbons (Fsp3) is 0.100. The first-order valence-corrected chi connectivity index (χ1v) is 8.04. The third kappa shape index (κ3) is 4.80. The van der Waals surface area contributed by atoms with Crippen molar-refractivity contribution in [3.63, 3.8) is 0 Å². The van der Waals surface area contributed by atoms with Crippen LogP contribution in [0.25, 0.3) is 6.08 Å². The normalized spacial score (nSPS) is 10.8. The van der Waals surface area contributed by atoms with Crippen LogP contribution in [0.4, 0.5) is 10.1 Å². The van der Waals surface area contributed by atoms with E-state index in [9.17, 15) is 9.18 Å². The molecule has 0 saturated carbocycles. The highest BCUT2D eigenvalue weighted by molar-refractivity contribution is 6.01. The molecule has 3 rings (SSSR count). The molecule has 0 radical (unpaired) electrons. The Kier molecular flexibility index (Phi) is 5.43. The van der Waals surface area contributed by atoms with Crippen molar-refractivity contribution in [1.82, 2.24) is 9.55 Å². The molecule has 0 spiro atoms. The molecule has 26 heavy (non-hydrogen) atoms. The molecule has 1 amide bonds. The summed E-state index contributed by atoms with van der Waals surface area (Å²) in [4.78, 5) is 16.1. The average molecular weight is 351 g/mol. The highest BCUT2D eigenvalue weighted by Crippen LogP contribution is 2.17. The Balaban J connectivity index is 1.52. The van der Waals surface area contributed by atoms with Crippen molar-refractivity contribution >= 4 is 17.7 Å². The predicted octanol–water partition coefficient (Wildman–Crippen LogP) is 3.79. The fourth-order valence-electron chi connectivity index (χ4n) is 2.25. The third-order valence-corrected chi connectivity index (χ3v) is 3.71. The molecule has 0 aliphatic carbocycles. The van der Waals surface area contributed by atoms with Crippen molar-refractivity contribution < 1.29 is 13.9 Å². The van der Waals surface area contributed by atoms with Gasteiger partial charge in [-0.2, -0.15) is 0 Å². The number of carbonyl (C=O) groups is 1. The number of anilines is 1. The number of nitrogens with one attached hydrogen (secondary N) is 1. The van der Waals surface area contributed by atoms with E-state index in [2.05, 4.69) is 10.3 Å². The standard InChI is InChI=1S/C20H18FN3O2/c1-24-13-12-22-19(24)14-26-18-9-7-17(8-10-18)23-20(25)11-4-15-2-5-16(21)6-3-15/h2-13H,14H2,1H3,(H,23,25)/b11-4+. The Labute approximate surface area is 150 Å². The van der Waals surface area contributed by atoms with Crippen LogP contribution in [-0.2, 0) is 18.4 Å². The first kappa shape index (κ1) is 17.4. The van der Waals surface area contributed by atoms with Crippen molar-refractivity contribution in [3.05, 3.63) is 84.2 Å². The van der Waals surface area contributed by atoms with E-state index in [0.29, 0.717) is 18.0 Å². The predicted molar refractivity (Wildman–Crippen MR) is 98.0 cm³/mol. The zero-order valence-corrected chi connectivity index (χ0v) is 14.2. The van der Waals surface area contributed by atoms with E-state index < -0.39 is 0 Å². The minimum atomic E-state index is -0.308. The maximum Gasteiger partial charge on any atom is 0.248 e. The lowest BCUT2D eigenvalue weighted by Crippen LogP contribution is -2.07. The molecule has 132 valence electrons. The monoisotopic (exact) mass is 351 g/mol. The summed E-state index contributed by atoms with van der Waals surface area (Å²) in [5.41, 5.74) is 1.41. The van der Waals surface area contributed by atoms with Crippen LogP contribution in [0.15, 0.2) is 67.0 Å². The molecule has 1 aromatic heterocycles. The van der Waals surface area contributed by atoms with Gasteiger partial charge < -0.3 is 14.6 Å². The van der Waals surface area contributed by atoms with Crippen LogP contribution >= 0.6 is 0 Å². The molecule has 0 unspecified atom stereocenters. The Morgan fingerprint density at radius 3 is 2.58 bits per heavy atom. The molecule has 0 atom stereocenters. The molecule has 2 aromatic carbocycles. The van der Waals surface area contributed by atoms with E-state index in [0.717, 1.165) is 11.4 Å². The van der Waals surface area contributed by atoms with Gasteiger partial charge >= 0.3 is 0 Å². The maximum atomic E-state index is 12.8. The van der Waals surface area contributed by atoms with Gasteiger partial charge in [0, 0.05) is 31.2 Å². The lowest BCUT2D eigenvalue weighted by molar-refractivity contribution is -0.111. The number of hydrogen-bond donors (Lipinski definition) is 1. The molecule has 0 aliphatic rings. The third-order valence-electron chi connectivity index (χ3n) is 3.71. The number of hydrogen-bond acceptors (Lipinski definition) is 3. The second kappa shape index (κ2) is 8.11. The van der Waals surface area contributed by atoms with Crippen LogP contribution in [0.1, 0.15) is 11.4 Å². The quantitative estimate of drug-likeness (QED) is 0.688. The van der Waals surface area contributed by atoms with Crippen LogP contribution in [0.5, 0.6) is 5.75 Å². The summed E-state index contributed by atoms with van der Waals surface area (Å²) in [6.45, 7) is 0.371. The second-order valence-corrected chi connectivity index (χ2v) is 5.64. The Bertz CT molecular complexity index is 900. The first-order chi connectivity index (χ1) is 12.6. The smallest absolute Gasteiger partial charge is 0.248 e. The average Bonchev–Trinajstić information content (AvgIpc) is 3.06. The molecule has 0 aliphatic heterocycles. The fourth-order valence-corrected chi connectivity index (χ4v) is 2.25. The van der Waals surface area contributed by atoms with Crippen molar-refractivity contribution in [3.8, 4) is 5.75 Å². The van der Waals surface area contributed by atoms with Gasteiger partial charge in [-0.05, 0) is 48.0 Å². The van der Waals surface area contributed by atoms with Crippen molar-refractivity contribution in [2.24, 2.45) is 7.05 Å². The van der Waals surface area contributed by atoms with Gasteiger partial charge in [0.15, 0.2) is 0 Å². The topological polar surface area (TPSA) is 56.1 Å². The summed E-state index contributed by atoms with van der Waals surface area (Å²) in [5, 5.41) is 2.76. The highest BCUT2D eigenvalue weighted by atomic mass is 19.1. The van der Waals surface area contributed by atoms with E-state index in [4.69, 9.17) is 4.74 Å². The maximum absolute atomic E-state index is 12.8. The number of amides is 1. The number of aryl methyl sites for hydroxylation is 1. The van der Waals surface area contributed by atoms with Gasteiger partial charge in [-0.1, -0.05) is 12.1 Å². The molecule has 1 N–H and O–H groups in total. The zero-order valence-electron chi connectivity index (χ0n) is 14.2. The summed E-state index contributed by atoms with van der Waals surface area (Å²) in [6.07, 6.45) is 6.60. The second-order valence-electron chi connectivity index (χ2n) is 5.64. The number of rotatable bonds is 6. The van der Waals surface area contributed by atoms with E-state index in [1.54, 1.807) is 48.7 Å². The van der Waals surface area contributed by atoms with Gasteiger partial charge in [-0.3, -0.25) is 4.79 Å². The van der Waals surface area contributed by atoms with E-state index in [-0.39, 0.29) is 11.7 Å². The summed E-state index contributed by atoms with van der Waals surface area (Å²) < 4.78 is 20.4. The van der Waals surface area contributed by atoms with Gasteiger partial charge in [0.1, 0.15) is 24.0 Å². The summed E-state index contributed by atoms with van der Waals surface area (Å²) in [5.74, 6) is 0.939. The van der Waals surface area contributed by atoms with Crippen molar-refractivity contribution in [2.45, 2.75) is 6.61 Å². The molecule has 0 saturated heterocycles. The Morgan fingerprint density at radius 2 is 1.92 bits per heavy atom. The number of ether oxygens (including phenoxy) is 1. The number of nitrogens with zero attached hydrogens (tertiary/aromatic N) is 2. The summed E-state index contributed by atoms with van der Waals surface area (Å²) in [6, 6.07) is 13.0. The SMILES string of the molecule is Cn1ccnc1COc1ccc(NC(=O)/C=C/c2ccc(F)cc2)cc1. The molecular formula is C20H18FN3O2. The van der Waals surface area contributed by atoms with Crippen LogP contribution < -0.4 is 10.1 Å². The molecular weight excluding hydrogens is 333 g/mol. The number of halogens is 1. The van der Waals surface area contributed by atoms with Crippen LogP contribution in [0.2, 0.25) is 0 Å². The number of carbonyl (C=O) groups excluding carboxylic acids is 1. The largest absolute Gasteiger partial charge is 0.486 e.